The molecule has 1 aliphatic heterocycles. The molecule has 1 aliphatic rings. The Morgan fingerprint density at radius 2 is 1.68 bits per heavy atom. The molecule has 2 aromatic carbocycles. The average molecular weight is 405 g/mol. The van der Waals surface area contributed by atoms with Gasteiger partial charge in [-0.2, -0.15) is 0 Å². The van der Waals surface area contributed by atoms with E-state index < -0.39 is 5.82 Å². The summed E-state index contributed by atoms with van der Waals surface area (Å²) in [6, 6.07) is 11.4. The second-order valence-electron chi connectivity index (χ2n) is 6.58. The van der Waals surface area contributed by atoms with Gasteiger partial charge in [0.1, 0.15) is 11.6 Å². The smallest absolute Gasteiger partial charge is 0.260 e. The highest BCUT2D eigenvalue weighted by Crippen LogP contribution is 2.20. The molecule has 3 rings (SSSR count). The van der Waals surface area contributed by atoms with E-state index >= 15 is 0 Å². The summed E-state index contributed by atoms with van der Waals surface area (Å²) in [5.41, 5.74) is 1.47. The first-order valence-electron chi connectivity index (χ1n) is 9.21. The third-order valence-corrected chi connectivity index (χ3v) is 5.09. The van der Waals surface area contributed by atoms with Crippen molar-refractivity contribution in [3.63, 3.8) is 0 Å². The highest BCUT2D eigenvalue weighted by atomic mass is 35.5. The van der Waals surface area contributed by atoms with E-state index in [1.807, 2.05) is 24.3 Å². The highest BCUT2D eigenvalue weighted by Gasteiger charge is 2.26. The molecule has 0 saturated carbocycles. The van der Waals surface area contributed by atoms with Gasteiger partial charge in [-0.15, -0.1) is 0 Å². The van der Waals surface area contributed by atoms with Crippen LogP contribution in [0.3, 0.4) is 0 Å². The van der Waals surface area contributed by atoms with E-state index in [1.165, 1.54) is 17.7 Å². The van der Waals surface area contributed by atoms with Crippen LogP contribution in [0.2, 0.25) is 5.02 Å². The summed E-state index contributed by atoms with van der Waals surface area (Å²) in [7, 11) is 0. The predicted molar refractivity (Wildman–Crippen MR) is 105 cm³/mol. The van der Waals surface area contributed by atoms with Crippen LogP contribution in [0.15, 0.2) is 42.5 Å². The van der Waals surface area contributed by atoms with Crippen LogP contribution >= 0.6 is 11.6 Å². The molecule has 0 aliphatic carbocycles. The number of rotatable bonds is 5. The number of carbonyl (C=O) groups is 2. The lowest BCUT2D eigenvalue weighted by Crippen LogP contribution is -2.51. The molecule has 0 radical (unpaired) electrons. The van der Waals surface area contributed by atoms with E-state index in [0.717, 1.165) is 12.5 Å². The van der Waals surface area contributed by atoms with Gasteiger partial charge in [-0.3, -0.25) is 9.59 Å². The Kier molecular flexibility index (Phi) is 6.52. The summed E-state index contributed by atoms with van der Waals surface area (Å²) in [5, 5.41) is 0.0889. The Bertz CT molecular complexity index is 849. The van der Waals surface area contributed by atoms with Gasteiger partial charge >= 0.3 is 0 Å². The molecule has 28 heavy (non-hydrogen) atoms. The second kappa shape index (κ2) is 9.06. The van der Waals surface area contributed by atoms with E-state index in [9.17, 15) is 14.0 Å². The zero-order chi connectivity index (χ0) is 20.1. The molecule has 7 heteroatoms. The summed E-state index contributed by atoms with van der Waals surface area (Å²) in [6.45, 7) is 3.66. The summed E-state index contributed by atoms with van der Waals surface area (Å²) in [5.74, 6) is -0.206. The van der Waals surface area contributed by atoms with E-state index in [0.29, 0.717) is 31.9 Å². The number of carbonyl (C=O) groups excluding carboxylic acids is 2. The van der Waals surface area contributed by atoms with Crippen molar-refractivity contribution in [3.05, 3.63) is 64.4 Å². The quantitative estimate of drug-likeness (QED) is 0.767. The monoisotopic (exact) mass is 404 g/mol. The number of hydrogen-bond donors (Lipinski definition) is 0. The Morgan fingerprint density at radius 1 is 1.04 bits per heavy atom. The Hall–Kier alpha value is -2.60. The van der Waals surface area contributed by atoms with Gasteiger partial charge in [-0.25, -0.2) is 4.39 Å². The van der Waals surface area contributed by atoms with Crippen LogP contribution in [0.1, 0.15) is 22.8 Å². The highest BCUT2D eigenvalue weighted by molar-refractivity contribution is 6.33. The number of nitrogens with zero attached hydrogens (tertiary/aromatic N) is 2. The first-order chi connectivity index (χ1) is 13.5. The van der Waals surface area contributed by atoms with Gasteiger partial charge in [0.25, 0.3) is 11.8 Å². The maximum Gasteiger partial charge on any atom is 0.260 e. The number of halogens is 2. The van der Waals surface area contributed by atoms with Crippen molar-refractivity contribution in [2.45, 2.75) is 13.3 Å². The number of ether oxygens (including phenoxy) is 1. The van der Waals surface area contributed by atoms with Crippen molar-refractivity contribution in [2.24, 2.45) is 0 Å². The topological polar surface area (TPSA) is 49.9 Å². The van der Waals surface area contributed by atoms with Crippen LogP contribution in [-0.4, -0.2) is 54.4 Å². The fourth-order valence-corrected chi connectivity index (χ4v) is 3.30. The Labute approximate surface area is 168 Å². The van der Waals surface area contributed by atoms with Crippen LogP contribution in [-0.2, 0) is 11.2 Å². The normalized spacial score (nSPS) is 14.1. The van der Waals surface area contributed by atoms with Crippen molar-refractivity contribution < 1.29 is 18.7 Å². The largest absolute Gasteiger partial charge is 0.484 e. The first-order valence-corrected chi connectivity index (χ1v) is 9.59. The Balaban J connectivity index is 1.50. The van der Waals surface area contributed by atoms with E-state index in [2.05, 4.69) is 6.92 Å². The van der Waals surface area contributed by atoms with Crippen molar-refractivity contribution >= 4 is 23.4 Å². The number of piperazine rings is 1. The first kappa shape index (κ1) is 20.1. The minimum atomic E-state index is -0.485. The fourth-order valence-electron chi connectivity index (χ4n) is 3.05. The van der Waals surface area contributed by atoms with Crippen LogP contribution in [0.5, 0.6) is 5.75 Å². The summed E-state index contributed by atoms with van der Waals surface area (Å²) in [4.78, 5) is 28.2. The summed E-state index contributed by atoms with van der Waals surface area (Å²) >= 11 is 5.97. The third-order valence-electron chi connectivity index (χ3n) is 4.78. The molecule has 0 atom stereocenters. The maximum absolute atomic E-state index is 13.2. The van der Waals surface area contributed by atoms with Crippen molar-refractivity contribution in [2.75, 3.05) is 32.8 Å². The number of aryl methyl sites for hydroxylation is 1. The van der Waals surface area contributed by atoms with E-state index in [-0.39, 0.29) is 29.0 Å². The number of amides is 2. The lowest BCUT2D eigenvalue weighted by atomic mass is 10.1. The van der Waals surface area contributed by atoms with Crippen LogP contribution in [0, 0.1) is 5.82 Å². The lowest BCUT2D eigenvalue weighted by molar-refractivity contribution is -0.134. The SMILES string of the molecule is CCc1ccc(OCC(=O)N2CCN(C(=O)c3ccc(F)cc3Cl)CC2)cc1. The lowest BCUT2D eigenvalue weighted by Gasteiger charge is -2.34. The molecule has 0 aromatic heterocycles. The van der Waals surface area contributed by atoms with Crippen LogP contribution in [0.25, 0.3) is 0 Å². The van der Waals surface area contributed by atoms with Gasteiger partial charge < -0.3 is 14.5 Å². The molecule has 1 fully saturated rings. The fraction of sp³-hybridized carbons (Fsp3) is 0.333. The maximum atomic E-state index is 13.2. The molecule has 0 bridgehead atoms. The number of hydrogen-bond acceptors (Lipinski definition) is 3. The molecule has 5 nitrogen and oxygen atoms in total. The second-order valence-corrected chi connectivity index (χ2v) is 6.99. The molecule has 1 saturated heterocycles. The minimum Gasteiger partial charge on any atom is -0.484 e. The summed E-state index contributed by atoms with van der Waals surface area (Å²) < 4.78 is 18.7. The van der Waals surface area contributed by atoms with Gasteiger partial charge in [0, 0.05) is 26.2 Å². The van der Waals surface area contributed by atoms with Crippen LogP contribution in [0.4, 0.5) is 4.39 Å². The molecule has 148 valence electrons. The molecule has 2 amide bonds. The zero-order valence-corrected chi connectivity index (χ0v) is 16.4. The van der Waals surface area contributed by atoms with Crippen molar-refractivity contribution in [3.8, 4) is 5.75 Å². The van der Waals surface area contributed by atoms with Crippen LogP contribution < -0.4 is 4.74 Å². The molecular weight excluding hydrogens is 383 g/mol. The van der Waals surface area contributed by atoms with Gasteiger partial charge in [0.15, 0.2) is 6.61 Å². The molecule has 2 aromatic rings. The molecule has 0 N–H and O–H groups in total. The van der Waals surface area contributed by atoms with Gasteiger partial charge in [0.05, 0.1) is 10.6 Å². The van der Waals surface area contributed by atoms with Gasteiger partial charge in [-0.1, -0.05) is 30.7 Å². The van der Waals surface area contributed by atoms with Crippen molar-refractivity contribution in [1.82, 2.24) is 9.80 Å². The van der Waals surface area contributed by atoms with Crippen molar-refractivity contribution in [1.29, 1.82) is 0 Å². The molecular formula is C21H22ClFN2O3. The average Bonchev–Trinajstić information content (AvgIpc) is 2.72. The van der Waals surface area contributed by atoms with Gasteiger partial charge in [0.2, 0.25) is 0 Å². The van der Waals surface area contributed by atoms with E-state index in [4.69, 9.17) is 16.3 Å². The van der Waals surface area contributed by atoms with E-state index in [1.54, 1.807) is 9.80 Å². The Morgan fingerprint density at radius 3 is 2.29 bits per heavy atom. The standard InChI is InChI=1S/C21H22ClFN2O3/c1-2-15-3-6-17(7-4-15)28-14-20(26)24-9-11-25(12-10-24)21(27)18-8-5-16(23)13-19(18)22/h3-8,13H,2,9-12,14H2,1H3. The summed E-state index contributed by atoms with van der Waals surface area (Å²) in [6.07, 6.45) is 0.950. The minimum absolute atomic E-state index is 0.0385. The third kappa shape index (κ3) is 4.81. The number of benzene rings is 2. The molecule has 0 spiro atoms. The zero-order valence-electron chi connectivity index (χ0n) is 15.7. The van der Waals surface area contributed by atoms with Gasteiger partial charge in [-0.05, 0) is 42.3 Å². The molecule has 0 unspecified atom stereocenters. The predicted octanol–water partition coefficient (Wildman–Crippen LogP) is 3.40. The molecule has 1 heterocycles.